The van der Waals surface area contributed by atoms with E-state index in [9.17, 15) is 8.42 Å². The molecular formula is C18H26N4O2S. The Morgan fingerprint density at radius 3 is 2.52 bits per heavy atom. The van der Waals surface area contributed by atoms with E-state index in [1.165, 1.54) is 16.6 Å². The minimum Gasteiger partial charge on any atom is -0.317 e. The molecular weight excluding hydrogens is 336 g/mol. The molecule has 3 heterocycles. The zero-order chi connectivity index (χ0) is 17.6. The van der Waals surface area contributed by atoms with Crippen LogP contribution >= 0.6 is 0 Å². The van der Waals surface area contributed by atoms with Gasteiger partial charge in [-0.1, -0.05) is 0 Å². The highest BCUT2D eigenvalue weighted by Gasteiger charge is 2.33. The normalized spacial score (nSPS) is 25.0. The van der Waals surface area contributed by atoms with Crippen LogP contribution in [-0.2, 0) is 16.5 Å². The molecule has 136 valence electrons. The summed E-state index contributed by atoms with van der Waals surface area (Å²) in [6.07, 6.45) is 2.73. The molecule has 0 radical (unpaired) electrons. The van der Waals surface area contributed by atoms with Gasteiger partial charge in [0.1, 0.15) is 0 Å². The van der Waals surface area contributed by atoms with Crippen LogP contribution in [-0.4, -0.2) is 71.5 Å². The monoisotopic (exact) mass is 362 g/mol. The number of aromatic nitrogens is 2. The van der Waals surface area contributed by atoms with E-state index in [0.717, 1.165) is 44.8 Å². The van der Waals surface area contributed by atoms with Gasteiger partial charge < -0.3 is 4.57 Å². The quantitative estimate of drug-likeness (QED) is 0.826. The molecule has 2 saturated heterocycles. The summed E-state index contributed by atoms with van der Waals surface area (Å²) in [4.78, 5) is 9.33. The van der Waals surface area contributed by atoms with E-state index in [1.54, 1.807) is 0 Å². The van der Waals surface area contributed by atoms with Crippen LogP contribution in [0.5, 0.6) is 0 Å². The fourth-order valence-corrected chi connectivity index (χ4v) is 5.74. The van der Waals surface area contributed by atoms with Crippen molar-refractivity contribution in [3.8, 4) is 0 Å². The smallest absolute Gasteiger partial charge is 0.151 e. The Bertz CT molecular complexity index is 882. The molecule has 2 aliphatic heterocycles. The number of piperazine rings is 1. The molecule has 0 spiro atoms. The highest BCUT2D eigenvalue weighted by Crippen LogP contribution is 2.21. The van der Waals surface area contributed by atoms with Crippen LogP contribution in [0.1, 0.15) is 17.5 Å². The summed E-state index contributed by atoms with van der Waals surface area (Å²) in [6, 6.07) is 4.60. The van der Waals surface area contributed by atoms with Crippen LogP contribution in [0.15, 0.2) is 18.5 Å². The van der Waals surface area contributed by atoms with Gasteiger partial charge in [0, 0.05) is 32.2 Å². The summed E-state index contributed by atoms with van der Waals surface area (Å²) < 4.78 is 25.6. The van der Waals surface area contributed by atoms with E-state index in [1.807, 2.05) is 6.33 Å². The van der Waals surface area contributed by atoms with Crippen molar-refractivity contribution in [2.75, 3.05) is 37.7 Å². The van der Waals surface area contributed by atoms with E-state index in [2.05, 4.69) is 45.3 Å². The van der Waals surface area contributed by atoms with Crippen molar-refractivity contribution in [2.45, 2.75) is 33.0 Å². The highest BCUT2D eigenvalue weighted by atomic mass is 32.2. The van der Waals surface area contributed by atoms with E-state index in [0.29, 0.717) is 11.5 Å². The lowest BCUT2D eigenvalue weighted by Crippen LogP contribution is -2.50. The molecule has 1 aromatic heterocycles. The molecule has 1 unspecified atom stereocenters. The van der Waals surface area contributed by atoms with Gasteiger partial charge in [-0.3, -0.25) is 9.80 Å². The van der Waals surface area contributed by atoms with Crippen molar-refractivity contribution in [3.63, 3.8) is 0 Å². The first kappa shape index (κ1) is 17.0. The van der Waals surface area contributed by atoms with Gasteiger partial charge in [-0.15, -0.1) is 0 Å². The number of hydrogen-bond acceptors (Lipinski definition) is 5. The second kappa shape index (κ2) is 6.37. The Morgan fingerprint density at radius 1 is 1.12 bits per heavy atom. The minimum absolute atomic E-state index is 0.229. The van der Waals surface area contributed by atoms with E-state index < -0.39 is 9.84 Å². The van der Waals surface area contributed by atoms with Crippen molar-refractivity contribution in [3.05, 3.63) is 29.6 Å². The van der Waals surface area contributed by atoms with Gasteiger partial charge in [-0.25, -0.2) is 13.4 Å². The molecule has 25 heavy (non-hydrogen) atoms. The van der Waals surface area contributed by atoms with Crippen LogP contribution in [0.25, 0.3) is 11.0 Å². The molecule has 0 bridgehead atoms. The summed E-state index contributed by atoms with van der Waals surface area (Å²) in [5.41, 5.74) is 4.81. The Hall–Kier alpha value is -1.44. The zero-order valence-corrected chi connectivity index (χ0v) is 15.8. The maximum absolute atomic E-state index is 11.7. The van der Waals surface area contributed by atoms with Gasteiger partial charge in [0.05, 0.1) is 35.5 Å². The van der Waals surface area contributed by atoms with E-state index in [-0.39, 0.29) is 6.04 Å². The molecule has 0 N–H and O–H groups in total. The summed E-state index contributed by atoms with van der Waals surface area (Å²) >= 11 is 0. The SMILES string of the molecule is Cc1cc2ncn(CN3CCN(C4CCS(=O)(=O)C4)CC3)c2cc1C. The molecule has 0 amide bonds. The van der Waals surface area contributed by atoms with E-state index >= 15 is 0 Å². The number of rotatable bonds is 3. The average molecular weight is 362 g/mol. The third-order valence-electron chi connectivity index (χ3n) is 5.72. The van der Waals surface area contributed by atoms with Gasteiger partial charge in [-0.05, 0) is 43.5 Å². The summed E-state index contributed by atoms with van der Waals surface area (Å²) in [5.74, 6) is 0.704. The van der Waals surface area contributed by atoms with Crippen LogP contribution in [0, 0.1) is 13.8 Å². The summed E-state index contributed by atoms with van der Waals surface area (Å²) in [5, 5.41) is 0. The van der Waals surface area contributed by atoms with Crippen LogP contribution in [0.4, 0.5) is 0 Å². The highest BCUT2D eigenvalue weighted by molar-refractivity contribution is 7.91. The molecule has 0 aliphatic carbocycles. The van der Waals surface area contributed by atoms with Crippen LogP contribution < -0.4 is 0 Å². The first-order valence-corrected chi connectivity index (χ1v) is 10.8. The Labute approximate surface area is 149 Å². The maximum atomic E-state index is 11.7. The van der Waals surface area contributed by atoms with Gasteiger partial charge >= 0.3 is 0 Å². The Kier molecular flexibility index (Phi) is 4.33. The lowest BCUT2D eigenvalue weighted by atomic mass is 10.1. The molecule has 2 aliphatic rings. The number of nitrogens with zero attached hydrogens (tertiary/aromatic N) is 4. The number of sulfone groups is 1. The number of imidazole rings is 1. The molecule has 2 fully saturated rings. The number of benzene rings is 1. The van der Waals surface area contributed by atoms with Crippen molar-refractivity contribution in [1.29, 1.82) is 0 Å². The first-order chi connectivity index (χ1) is 11.9. The number of hydrogen-bond donors (Lipinski definition) is 0. The third kappa shape index (κ3) is 3.45. The molecule has 6 nitrogen and oxygen atoms in total. The Morgan fingerprint density at radius 2 is 1.84 bits per heavy atom. The number of fused-ring (bicyclic) bond motifs is 1. The second-order valence-electron chi connectivity index (χ2n) is 7.49. The number of aryl methyl sites for hydroxylation is 2. The second-order valence-corrected chi connectivity index (χ2v) is 9.72. The molecule has 7 heteroatoms. The lowest BCUT2D eigenvalue weighted by Gasteiger charge is -2.37. The lowest BCUT2D eigenvalue weighted by molar-refractivity contribution is 0.0857. The van der Waals surface area contributed by atoms with Gasteiger partial charge in [0.2, 0.25) is 0 Å². The van der Waals surface area contributed by atoms with E-state index in [4.69, 9.17) is 0 Å². The average Bonchev–Trinajstić information content (AvgIpc) is 3.12. The van der Waals surface area contributed by atoms with Crippen molar-refractivity contribution in [1.82, 2.24) is 19.4 Å². The van der Waals surface area contributed by atoms with Gasteiger partial charge in [0.25, 0.3) is 0 Å². The first-order valence-electron chi connectivity index (χ1n) is 9.00. The van der Waals surface area contributed by atoms with Crippen molar-refractivity contribution < 1.29 is 8.42 Å². The fourth-order valence-electron chi connectivity index (χ4n) is 3.97. The Balaban J connectivity index is 1.40. The maximum Gasteiger partial charge on any atom is 0.151 e. The van der Waals surface area contributed by atoms with Crippen molar-refractivity contribution in [2.24, 2.45) is 0 Å². The molecule has 1 atom stereocenters. The van der Waals surface area contributed by atoms with Gasteiger partial charge in [0.15, 0.2) is 9.84 Å². The summed E-state index contributed by atoms with van der Waals surface area (Å²) in [7, 11) is -2.80. The van der Waals surface area contributed by atoms with Crippen LogP contribution in [0.3, 0.4) is 0 Å². The standard InChI is InChI=1S/C18H26N4O2S/c1-14-9-17-18(10-15(14)2)22(12-19-17)13-20-4-6-21(7-5-20)16-3-8-25(23,24)11-16/h9-10,12,16H,3-8,11,13H2,1-2H3. The predicted octanol–water partition coefficient (Wildman–Crippen LogP) is 1.42. The third-order valence-corrected chi connectivity index (χ3v) is 7.47. The molecule has 4 rings (SSSR count). The fraction of sp³-hybridized carbons (Fsp3) is 0.611. The zero-order valence-electron chi connectivity index (χ0n) is 15.0. The molecule has 0 saturated carbocycles. The molecule has 2 aromatic rings. The molecule has 1 aromatic carbocycles. The predicted molar refractivity (Wildman–Crippen MR) is 99.4 cm³/mol. The van der Waals surface area contributed by atoms with Crippen molar-refractivity contribution >= 4 is 20.9 Å². The minimum atomic E-state index is -2.80. The van der Waals surface area contributed by atoms with Gasteiger partial charge in [-0.2, -0.15) is 0 Å². The largest absolute Gasteiger partial charge is 0.317 e. The topological polar surface area (TPSA) is 58.4 Å². The van der Waals surface area contributed by atoms with Crippen LogP contribution in [0.2, 0.25) is 0 Å². The summed E-state index contributed by atoms with van der Waals surface area (Å²) in [6.45, 7) is 8.95.